The van der Waals surface area contributed by atoms with E-state index in [0.717, 1.165) is 6.07 Å². The average molecular weight is 354 g/mol. The van der Waals surface area contributed by atoms with E-state index in [1.807, 2.05) is 6.07 Å². The van der Waals surface area contributed by atoms with Gasteiger partial charge in [0.2, 0.25) is 0 Å². The molecule has 0 aliphatic carbocycles. The predicted octanol–water partition coefficient (Wildman–Crippen LogP) is 4.96. The highest BCUT2D eigenvalue weighted by Gasteiger charge is 2.12. The second-order valence-corrected chi connectivity index (χ2v) is 5.76. The minimum atomic E-state index is -0.480. The molecular weight excluding hydrogens is 341 g/mol. The molecule has 0 atom stereocenters. The van der Waals surface area contributed by atoms with E-state index in [9.17, 15) is 14.0 Å². The van der Waals surface area contributed by atoms with Crippen molar-refractivity contribution in [3.63, 3.8) is 0 Å². The predicted molar refractivity (Wildman–Crippen MR) is 95.7 cm³/mol. The molecule has 5 heteroatoms. The largest absolute Gasteiger partial charge is 0.321 e. The molecule has 1 N–H and O–H groups in total. The maximum Gasteiger partial charge on any atom is 0.255 e. The highest BCUT2D eigenvalue weighted by atomic mass is 35.5. The lowest BCUT2D eigenvalue weighted by Gasteiger charge is -2.08. The third-order valence-corrected chi connectivity index (χ3v) is 3.94. The van der Waals surface area contributed by atoms with Crippen LogP contribution < -0.4 is 5.32 Å². The quantitative estimate of drug-likeness (QED) is 0.674. The zero-order chi connectivity index (χ0) is 17.8. The minimum absolute atomic E-state index is 0.115. The number of carbonyl (C=O) groups is 2. The van der Waals surface area contributed by atoms with Gasteiger partial charge < -0.3 is 5.32 Å². The molecule has 1 amide bonds. The normalized spacial score (nSPS) is 10.3. The molecule has 3 rings (SSSR count). The van der Waals surface area contributed by atoms with Gasteiger partial charge >= 0.3 is 0 Å². The summed E-state index contributed by atoms with van der Waals surface area (Å²) in [5.41, 5.74) is 1.75. The number of carbonyl (C=O) groups excluding carboxylic acids is 2. The van der Waals surface area contributed by atoms with Crippen molar-refractivity contribution in [2.24, 2.45) is 0 Å². The zero-order valence-corrected chi connectivity index (χ0v) is 13.8. The molecule has 3 aromatic carbocycles. The number of nitrogens with one attached hydrogen (secondary N) is 1. The molecule has 0 aliphatic rings. The molecule has 0 heterocycles. The van der Waals surface area contributed by atoms with Gasteiger partial charge in [-0.05, 0) is 30.3 Å². The van der Waals surface area contributed by atoms with Gasteiger partial charge in [0.15, 0.2) is 5.78 Å². The molecule has 0 aliphatic heterocycles. The van der Waals surface area contributed by atoms with Gasteiger partial charge in [-0.3, -0.25) is 9.59 Å². The number of hydrogen-bond donors (Lipinski definition) is 1. The van der Waals surface area contributed by atoms with E-state index in [-0.39, 0.29) is 10.8 Å². The number of anilines is 1. The van der Waals surface area contributed by atoms with Crippen molar-refractivity contribution < 1.29 is 14.0 Å². The zero-order valence-electron chi connectivity index (χ0n) is 13.0. The molecule has 0 fully saturated rings. The number of halogens is 2. The topological polar surface area (TPSA) is 46.2 Å². The van der Waals surface area contributed by atoms with E-state index in [4.69, 9.17) is 11.6 Å². The first-order valence-electron chi connectivity index (χ1n) is 7.51. The number of amides is 1. The van der Waals surface area contributed by atoms with Crippen molar-refractivity contribution in [2.75, 3.05) is 5.32 Å². The van der Waals surface area contributed by atoms with Crippen LogP contribution in [-0.4, -0.2) is 11.7 Å². The Hall–Kier alpha value is -2.98. The SMILES string of the molecule is O=C(Nc1ccc(F)cc1Cl)c1ccc(C(=O)c2ccccc2)cc1. The standard InChI is InChI=1S/C20H13ClFNO2/c21-17-12-16(22)10-11-18(17)23-20(25)15-8-6-14(7-9-15)19(24)13-4-2-1-3-5-13/h1-12H,(H,23,25). The molecule has 0 unspecified atom stereocenters. The smallest absolute Gasteiger partial charge is 0.255 e. The van der Waals surface area contributed by atoms with Gasteiger partial charge in [0, 0.05) is 16.7 Å². The lowest BCUT2D eigenvalue weighted by molar-refractivity contribution is 0.102. The van der Waals surface area contributed by atoms with Gasteiger partial charge in [-0.25, -0.2) is 4.39 Å². The van der Waals surface area contributed by atoms with Crippen LogP contribution in [0.5, 0.6) is 0 Å². The first-order valence-corrected chi connectivity index (χ1v) is 7.88. The van der Waals surface area contributed by atoms with Gasteiger partial charge in [0.1, 0.15) is 5.82 Å². The first kappa shape index (κ1) is 16.9. The van der Waals surface area contributed by atoms with Gasteiger partial charge in [-0.2, -0.15) is 0 Å². The van der Waals surface area contributed by atoms with Crippen molar-refractivity contribution in [3.8, 4) is 0 Å². The number of rotatable bonds is 4. The monoisotopic (exact) mass is 353 g/mol. The van der Waals surface area contributed by atoms with Crippen LogP contribution in [0, 0.1) is 5.82 Å². The van der Waals surface area contributed by atoms with Crippen LogP contribution in [0.3, 0.4) is 0 Å². The Balaban J connectivity index is 1.75. The molecule has 0 saturated heterocycles. The maximum atomic E-state index is 13.0. The highest BCUT2D eigenvalue weighted by Crippen LogP contribution is 2.23. The van der Waals surface area contributed by atoms with Crippen LogP contribution in [0.4, 0.5) is 10.1 Å². The second kappa shape index (κ2) is 7.28. The average Bonchev–Trinajstić information content (AvgIpc) is 2.64. The molecule has 0 saturated carbocycles. The second-order valence-electron chi connectivity index (χ2n) is 5.35. The van der Waals surface area contributed by atoms with Gasteiger partial charge in [0.25, 0.3) is 5.91 Å². The van der Waals surface area contributed by atoms with Crippen LogP contribution in [-0.2, 0) is 0 Å². The molecule has 3 nitrogen and oxygen atoms in total. The van der Waals surface area contributed by atoms with Crippen LogP contribution in [0.2, 0.25) is 5.02 Å². The number of ketones is 1. The fourth-order valence-corrected chi connectivity index (χ4v) is 2.53. The summed E-state index contributed by atoms with van der Waals surface area (Å²) in [5.74, 6) is -0.992. The van der Waals surface area contributed by atoms with Crippen molar-refractivity contribution in [1.82, 2.24) is 0 Å². The van der Waals surface area contributed by atoms with Gasteiger partial charge in [-0.1, -0.05) is 54.1 Å². The Kier molecular flexibility index (Phi) is 4.91. The van der Waals surface area contributed by atoms with Crippen molar-refractivity contribution in [2.45, 2.75) is 0 Å². The maximum absolute atomic E-state index is 13.0. The Morgan fingerprint density at radius 3 is 2.04 bits per heavy atom. The Morgan fingerprint density at radius 2 is 1.40 bits per heavy atom. The Bertz CT molecular complexity index is 924. The number of benzene rings is 3. The van der Waals surface area contributed by atoms with E-state index < -0.39 is 11.7 Å². The van der Waals surface area contributed by atoms with E-state index >= 15 is 0 Å². The summed E-state index contributed by atoms with van der Waals surface area (Å²) in [7, 11) is 0. The summed E-state index contributed by atoms with van der Waals surface area (Å²) in [6.45, 7) is 0. The van der Waals surface area contributed by atoms with E-state index in [1.165, 1.54) is 12.1 Å². The lowest BCUT2D eigenvalue weighted by Crippen LogP contribution is -2.12. The summed E-state index contributed by atoms with van der Waals surface area (Å²) >= 11 is 5.90. The van der Waals surface area contributed by atoms with E-state index in [2.05, 4.69) is 5.32 Å². The van der Waals surface area contributed by atoms with Gasteiger partial charge in [-0.15, -0.1) is 0 Å². The molecule has 25 heavy (non-hydrogen) atoms. The highest BCUT2D eigenvalue weighted by molar-refractivity contribution is 6.33. The fourth-order valence-electron chi connectivity index (χ4n) is 2.31. The Labute approximate surface area is 149 Å². The summed E-state index contributed by atoms with van der Waals surface area (Å²) in [6.07, 6.45) is 0. The summed E-state index contributed by atoms with van der Waals surface area (Å²) < 4.78 is 13.0. The van der Waals surface area contributed by atoms with Crippen molar-refractivity contribution >= 4 is 29.0 Å². The van der Waals surface area contributed by atoms with Crippen LogP contribution >= 0.6 is 11.6 Å². The molecule has 0 bridgehead atoms. The fraction of sp³-hybridized carbons (Fsp3) is 0. The molecule has 124 valence electrons. The molecule has 0 spiro atoms. The Morgan fingerprint density at radius 1 is 0.800 bits per heavy atom. The number of hydrogen-bond acceptors (Lipinski definition) is 2. The minimum Gasteiger partial charge on any atom is -0.321 e. The summed E-state index contributed by atoms with van der Waals surface area (Å²) in [4.78, 5) is 24.6. The van der Waals surface area contributed by atoms with Crippen LogP contribution in [0.25, 0.3) is 0 Å². The van der Waals surface area contributed by atoms with E-state index in [1.54, 1.807) is 48.5 Å². The lowest BCUT2D eigenvalue weighted by atomic mass is 10.0. The van der Waals surface area contributed by atoms with Gasteiger partial charge in [0.05, 0.1) is 10.7 Å². The third-order valence-electron chi connectivity index (χ3n) is 3.62. The third kappa shape index (κ3) is 3.92. The summed E-state index contributed by atoms with van der Waals surface area (Å²) in [6, 6.07) is 18.9. The van der Waals surface area contributed by atoms with Crippen LogP contribution in [0.1, 0.15) is 26.3 Å². The summed E-state index contributed by atoms with van der Waals surface area (Å²) in [5, 5.41) is 2.73. The molecule has 3 aromatic rings. The van der Waals surface area contributed by atoms with E-state index in [0.29, 0.717) is 22.4 Å². The van der Waals surface area contributed by atoms with Crippen molar-refractivity contribution in [3.05, 3.63) is 100 Å². The first-order chi connectivity index (χ1) is 12.0. The molecule has 0 radical (unpaired) electrons. The molecule has 0 aromatic heterocycles. The van der Waals surface area contributed by atoms with Crippen LogP contribution in [0.15, 0.2) is 72.8 Å². The van der Waals surface area contributed by atoms with Crippen molar-refractivity contribution in [1.29, 1.82) is 0 Å². The molecular formula is C20H13ClFNO2.